The van der Waals surface area contributed by atoms with Crippen molar-refractivity contribution < 1.29 is 4.74 Å². The predicted molar refractivity (Wildman–Crippen MR) is 81.8 cm³/mol. The lowest BCUT2D eigenvalue weighted by molar-refractivity contribution is 0.178. The summed E-state index contributed by atoms with van der Waals surface area (Å²) in [5.74, 6) is 1.53. The number of methoxy groups -OCH3 is 1. The molecule has 0 atom stereocenters. The van der Waals surface area contributed by atoms with Crippen molar-refractivity contribution in [1.29, 1.82) is 0 Å². The van der Waals surface area contributed by atoms with Crippen molar-refractivity contribution in [3.8, 4) is 11.3 Å². The number of anilines is 1. The summed E-state index contributed by atoms with van der Waals surface area (Å²) in [5.41, 5.74) is 4.57. The van der Waals surface area contributed by atoms with E-state index in [1.807, 2.05) is 13.0 Å². The number of aryl methyl sites for hydroxylation is 2. The fourth-order valence-corrected chi connectivity index (χ4v) is 2.01. The van der Waals surface area contributed by atoms with Crippen LogP contribution in [0.15, 0.2) is 24.3 Å². The van der Waals surface area contributed by atoms with E-state index < -0.39 is 0 Å². The summed E-state index contributed by atoms with van der Waals surface area (Å²) >= 11 is 0. The molecule has 1 N–H and O–H groups in total. The Morgan fingerprint density at radius 3 is 2.55 bits per heavy atom. The van der Waals surface area contributed by atoms with Gasteiger partial charge in [-0.3, -0.25) is 0 Å². The van der Waals surface area contributed by atoms with Gasteiger partial charge in [0.1, 0.15) is 12.4 Å². The van der Waals surface area contributed by atoms with Crippen molar-refractivity contribution >= 4 is 5.82 Å². The lowest BCUT2D eigenvalue weighted by Crippen LogP contribution is -2.05. The van der Waals surface area contributed by atoms with E-state index in [9.17, 15) is 0 Å². The van der Waals surface area contributed by atoms with Crippen LogP contribution in [0.1, 0.15) is 23.9 Å². The van der Waals surface area contributed by atoms with E-state index >= 15 is 0 Å². The molecule has 0 saturated heterocycles. The summed E-state index contributed by atoms with van der Waals surface area (Å²) in [5, 5.41) is 3.24. The Labute approximate surface area is 120 Å². The molecule has 0 amide bonds. The molecule has 4 heteroatoms. The van der Waals surface area contributed by atoms with E-state index in [1.165, 1.54) is 11.1 Å². The van der Waals surface area contributed by atoms with Gasteiger partial charge in [0.25, 0.3) is 0 Å². The Morgan fingerprint density at radius 1 is 1.10 bits per heavy atom. The van der Waals surface area contributed by atoms with Crippen LogP contribution in [0.2, 0.25) is 0 Å². The van der Waals surface area contributed by atoms with Crippen molar-refractivity contribution in [2.24, 2.45) is 0 Å². The summed E-state index contributed by atoms with van der Waals surface area (Å²) in [6, 6.07) is 8.35. The molecule has 4 nitrogen and oxygen atoms in total. The highest BCUT2D eigenvalue weighted by molar-refractivity contribution is 5.64. The third-order valence-corrected chi connectivity index (χ3v) is 3.21. The third kappa shape index (κ3) is 3.33. The Morgan fingerprint density at radius 2 is 1.90 bits per heavy atom. The van der Waals surface area contributed by atoms with E-state index in [2.05, 4.69) is 47.3 Å². The van der Waals surface area contributed by atoms with Crippen LogP contribution in [-0.4, -0.2) is 23.6 Å². The summed E-state index contributed by atoms with van der Waals surface area (Å²) < 4.78 is 5.14. The lowest BCUT2D eigenvalue weighted by atomic mass is 10.0. The Kier molecular flexibility index (Phi) is 4.69. The third-order valence-electron chi connectivity index (χ3n) is 3.21. The number of aromatic nitrogens is 2. The van der Waals surface area contributed by atoms with Crippen LogP contribution in [0, 0.1) is 13.8 Å². The number of hydrogen-bond acceptors (Lipinski definition) is 4. The topological polar surface area (TPSA) is 47.0 Å². The molecule has 0 aliphatic rings. The molecule has 0 aliphatic carbocycles. The van der Waals surface area contributed by atoms with Gasteiger partial charge in [-0.05, 0) is 38.0 Å². The van der Waals surface area contributed by atoms with Crippen molar-refractivity contribution in [3.05, 3.63) is 41.2 Å². The largest absolute Gasteiger partial charge is 0.377 e. The second-order valence-corrected chi connectivity index (χ2v) is 4.82. The number of hydrogen-bond donors (Lipinski definition) is 1. The monoisotopic (exact) mass is 271 g/mol. The minimum absolute atomic E-state index is 0.414. The number of ether oxygens (including phenoxy) is 1. The van der Waals surface area contributed by atoms with Gasteiger partial charge >= 0.3 is 0 Å². The van der Waals surface area contributed by atoms with Gasteiger partial charge in [0, 0.05) is 25.3 Å². The summed E-state index contributed by atoms with van der Waals surface area (Å²) in [4.78, 5) is 9.00. The molecule has 0 bridgehead atoms. The molecule has 1 heterocycles. The molecule has 0 spiro atoms. The molecule has 0 saturated carbocycles. The molecule has 2 aromatic rings. The van der Waals surface area contributed by atoms with Crippen LogP contribution in [0.5, 0.6) is 0 Å². The molecule has 0 radical (unpaired) electrons. The number of rotatable bonds is 5. The summed E-state index contributed by atoms with van der Waals surface area (Å²) in [7, 11) is 1.65. The normalized spacial score (nSPS) is 10.6. The van der Waals surface area contributed by atoms with E-state index in [4.69, 9.17) is 4.74 Å². The Balaban J connectivity index is 2.45. The number of nitrogens with zero attached hydrogens (tertiary/aromatic N) is 2. The summed E-state index contributed by atoms with van der Waals surface area (Å²) in [6.07, 6.45) is 0. The first-order chi connectivity index (χ1) is 9.63. The molecule has 1 aromatic carbocycles. The van der Waals surface area contributed by atoms with Crippen LogP contribution >= 0.6 is 0 Å². The molecular weight excluding hydrogens is 250 g/mol. The summed E-state index contributed by atoms with van der Waals surface area (Å²) in [6.45, 7) is 7.52. The average molecular weight is 271 g/mol. The SMILES string of the molecule is CCNc1cc(-c2ccc(C)c(C)c2)nc(COC)n1. The fourth-order valence-electron chi connectivity index (χ4n) is 2.01. The zero-order chi connectivity index (χ0) is 14.5. The molecule has 1 aromatic heterocycles. The average Bonchev–Trinajstić information content (AvgIpc) is 2.42. The van der Waals surface area contributed by atoms with E-state index in [-0.39, 0.29) is 0 Å². The van der Waals surface area contributed by atoms with Gasteiger partial charge in [0.05, 0.1) is 5.69 Å². The Hall–Kier alpha value is -1.94. The highest BCUT2D eigenvalue weighted by Crippen LogP contribution is 2.22. The van der Waals surface area contributed by atoms with Gasteiger partial charge < -0.3 is 10.1 Å². The molecule has 0 fully saturated rings. The van der Waals surface area contributed by atoms with E-state index in [0.29, 0.717) is 12.4 Å². The highest BCUT2D eigenvalue weighted by Gasteiger charge is 2.07. The smallest absolute Gasteiger partial charge is 0.157 e. The minimum atomic E-state index is 0.414. The fraction of sp³-hybridized carbons (Fsp3) is 0.375. The van der Waals surface area contributed by atoms with Gasteiger partial charge in [-0.15, -0.1) is 0 Å². The molecular formula is C16H21N3O. The van der Waals surface area contributed by atoms with Crippen LogP contribution in [0.3, 0.4) is 0 Å². The Bertz CT molecular complexity index is 572. The van der Waals surface area contributed by atoms with Crippen LogP contribution in [-0.2, 0) is 11.3 Å². The predicted octanol–water partition coefficient (Wildman–Crippen LogP) is 3.34. The maximum absolute atomic E-state index is 5.14. The maximum atomic E-state index is 5.14. The van der Waals surface area contributed by atoms with Gasteiger partial charge in [0.15, 0.2) is 5.82 Å². The van der Waals surface area contributed by atoms with Crippen LogP contribution < -0.4 is 5.32 Å². The van der Waals surface area contributed by atoms with Gasteiger partial charge in [-0.25, -0.2) is 9.97 Å². The quantitative estimate of drug-likeness (QED) is 0.906. The number of benzene rings is 1. The first-order valence-electron chi connectivity index (χ1n) is 6.82. The zero-order valence-electron chi connectivity index (χ0n) is 12.5. The first-order valence-corrected chi connectivity index (χ1v) is 6.82. The second-order valence-electron chi connectivity index (χ2n) is 4.82. The van der Waals surface area contributed by atoms with Crippen molar-refractivity contribution in [2.45, 2.75) is 27.4 Å². The van der Waals surface area contributed by atoms with Gasteiger partial charge in [-0.1, -0.05) is 12.1 Å². The van der Waals surface area contributed by atoms with E-state index in [0.717, 1.165) is 23.6 Å². The van der Waals surface area contributed by atoms with Crippen molar-refractivity contribution in [3.63, 3.8) is 0 Å². The zero-order valence-corrected chi connectivity index (χ0v) is 12.5. The van der Waals surface area contributed by atoms with Crippen LogP contribution in [0.25, 0.3) is 11.3 Å². The lowest BCUT2D eigenvalue weighted by Gasteiger charge is -2.10. The highest BCUT2D eigenvalue weighted by atomic mass is 16.5. The molecule has 106 valence electrons. The van der Waals surface area contributed by atoms with Gasteiger partial charge in [0.2, 0.25) is 0 Å². The first kappa shape index (κ1) is 14.5. The molecule has 0 aliphatic heterocycles. The van der Waals surface area contributed by atoms with Crippen molar-refractivity contribution in [2.75, 3.05) is 19.0 Å². The van der Waals surface area contributed by atoms with Crippen molar-refractivity contribution in [1.82, 2.24) is 9.97 Å². The standard InChI is InChI=1S/C16H21N3O/c1-5-17-15-9-14(18-16(19-15)10-20-4)13-7-6-11(2)12(3)8-13/h6-9H,5,10H2,1-4H3,(H,17,18,19). The number of nitrogens with one attached hydrogen (secondary N) is 1. The minimum Gasteiger partial charge on any atom is -0.377 e. The molecule has 2 rings (SSSR count). The molecule has 20 heavy (non-hydrogen) atoms. The second kappa shape index (κ2) is 6.48. The van der Waals surface area contributed by atoms with Gasteiger partial charge in [-0.2, -0.15) is 0 Å². The maximum Gasteiger partial charge on any atom is 0.157 e. The molecule has 0 unspecified atom stereocenters. The van der Waals surface area contributed by atoms with Crippen LogP contribution in [0.4, 0.5) is 5.82 Å². The van der Waals surface area contributed by atoms with E-state index in [1.54, 1.807) is 7.11 Å².